The van der Waals surface area contributed by atoms with Crippen LogP contribution in [0, 0.1) is 6.92 Å². The van der Waals surface area contributed by atoms with Gasteiger partial charge in [0.15, 0.2) is 0 Å². The van der Waals surface area contributed by atoms with Gasteiger partial charge in [0.05, 0.1) is 0 Å². The van der Waals surface area contributed by atoms with Crippen LogP contribution in [0.15, 0.2) is 24.3 Å². The average molecular weight is 368 g/mol. The fourth-order valence-corrected chi connectivity index (χ4v) is 3.31. The fourth-order valence-electron chi connectivity index (χ4n) is 3.31. The molecule has 27 heavy (non-hydrogen) atoms. The van der Waals surface area contributed by atoms with Crippen molar-refractivity contribution in [1.29, 1.82) is 0 Å². The van der Waals surface area contributed by atoms with Gasteiger partial charge in [0.1, 0.15) is 5.82 Å². The third kappa shape index (κ3) is 4.87. The number of nitrogens with zero attached hydrogens (tertiary/aromatic N) is 3. The normalized spacial score (nSPS) is 16.4. The number of aromatic nitrogens is 2. The zero-order valence-corrected chi connectivity index (χ0v) is 16.2. The highest BCUT2D eigenvalue weighted by molar-refractivity contribution is 5.73. The molecular formula is C20H28N6O. The number of nitrogens with two attached hydrogens (primary N) is 1. The summed E-state index contributed by atoms with van der Waals surface area (Å²) in [5, 5.41) is 6.27. The average Bonchev–Trinajstić information content (AvgIpc) is 3.06. The summed E-state index contributed by atoms with van der Waals surface area (Å²) < 4.78 is 0. The van der Waals surface area contributed by atoms with Gasteiger partial charge in [-0.05, 0) is 37.5 Å². The van der Waals surface area contributed by atoms with Gasteiger partial charge in [-0.25, -0.2) is 4.98 Å². The minimum Gasteiger partial charge on any atom is -0.398 e. The van der Waals surface area contributed by atoms with Crippen LogP contribution in [-0.2, 0) is 11.2 Å². The van der Waals surface area contributed by atoms with Crippen molar-refractivity contribution >= 4 is 29.0 Å². The summed E-state index contributed by atoms with van der Waals surface area (Å²) in [7, 11) is 0. The molecule has 0 spiro atoms. The van der Waals surface area contributed by atoms with Crippen molar-refractivity contribution in [3.05, 3.63) is 35.5 Å². The summed E-state index contributed by atoms with van der Waals surface area (Å²) in [5.41, 5.74) is 9.67. The number of nitrogen functional groups attached to an aromatic ring is 1. The van der Waals surface area contributed by atoms with Gasteiger partial charge in [-0.15, -0.1) is 0 Å². The van der Waals surface area contributed by atoms with E-state index in [1.807, 2.05) is 31.2 Å². The minimum absolute atomic E-state index is 0.00975. The molecule has 4 N–H and O–H groups in total. The van der Waals surface area contributed by atoms with Crippen LogP contribution >= 0.6 is 0 Å². The number of anilines is 4. The van der Waals surface area contributed by atoms with Crippen molar-refractivity contribution in [3.63, 3.8) is 0 Å². The van der Waals surface area contributed by atoms with Gasteiger partial charge in [-0.2, -0.15) is 4.98 Å². The van der Waals surface area contributed by atoms with Gasteiger partial charge in [-0.1, -0.05) is 19.4 Å². The molecule has 7 nitrogen and oxygen atoms in total. The highest BCUT2D eigenvalue weighted by atomic mass is 16.1. The topological polar surface area (TPSA) is 96.2 Å². The maximum atomic E-state index is 11.3. The number of nitrogens with one attached hydrogen (secondary N) is 2. The van der Waals surface area contributed by atoms with E-state index in [1.165, 1.54) is 0 Å². The first-order valence-electron chi connectivity index (χ1n) is 9.47. The lowest BCUT2D eigenvalue weighted by atomic mass is 10.2. The molecule has 1 atom stereocenters. The largest absolute Gasteiger partial charge is 0.398 e. The summed E-state index contributed by atoms with van der Waals surface area (Å²) in [6, 6.07) is 8.07. The second kappa shape index (κ2) is 8.24. The SMILES string of the molecule is CCCc1cc(N2CC[C@H](NC(C)=O)C2)nc(Nc2ccc(C)c(N)c2)n1. The highest BCUT2D eigenvalue weighted by Crippen LogP contribution is 2.24. The first-order valence-corrected chi connectivity index (χ1v) is 9.47. The third-order valence-electron chi connectivity index (χ3n) is 4.73. The van der Waals surface area contributed by atoms with E-state index in [0.717, 1.165) is 60.8 Å². The summed E-state index contributed by atoms with van der Waals surface area (Å²) in [5.74, 6) is 1.47. The quantitative estimate of drug-likeness (QED) is 0.679. The molecule has 0 unspecified atom stereocenters. The van der Waals surface area contributed by atoms with Gasteiger partial charge >= 0.3 is 0 Å². The Morgan fingerprint density at radius 3 is 2.85 bits per heavy atom. The number of hydrogen-bond acceptors (Lipinski definition) is 6. The maximum absolute atomic E-state index is 11.3. The molecular weight excluding hydrogens is 340 g/mol. The van der Waals surface area contributed by atoms with Crippen molar-refractivity contribution in [2.24, 2.45) is 0 Å². The molecule has 1 aliphatic heterocycles. The molecule has 0 radical (unpaired) electrons. The standard InChI is InChI=1S/C20H28N6O/c1-4-5-15-11-19(26-9-8-17(12-26)22-14(3)27)25-20(23-15)24-16-7-6-13(2)18(21)10-16/h6-7,10-11,17H,4-5,8-9,12,21H2,1-3H3,(H,22,27)(H,23,24,25)/t17-/m0/s1. The van der Waals surface area contributed by atoms with Crippen LogP contribution in [0.5, 0.6) is 0 Å². The molecule has 1 aliphatic rings. The van der Waals surface area contributed by atoms with Crippen LogP contribution in [0.4, 0.5) is 23.1 Å². The number of rotatable bonds is 6. The Labute approximate surface area is 160 Å². The van der Waals surface area contributed by atoms with E-state index in [-0.39, 0.29) is 11.9 Å². The molecule has 144 valence electrons. The Bertz CT molecular complexity index is 822. The summed E-state index contributed by atoms with van der Waals surface area (Å²) in [6.07, 6.45) is 2.83. The second-order valence-electron chi connectivity index (χ2n) is 7.12. The predicted molar refractivity (Wildman–Crippen MR) is 109 cm³/mol. The number of hydrogen-bond donors (Lipinski definition) is 3. The van der Waals surface area contributed by atoms with Crippen LogP contribution in [0.3, 0.4) is 0 Å². The van der Waals surface area contributed by atoms with E-state index in [2.05, 4.69) is 27.4 Å². The zero-order chi connectivity index (χ0) is 19.4. The van der Waals surface area contributed by atoms with Crippen molar-refractivity contribution in [3.8, 4) is 0 Å². The Hall–Kier alpha value is -2.83. The number of carbonyl (C=O) groups is 1. The first-order chi connectivity index (χ1) is 12.9. The lowest BCUT2D eigenvalue weighted by Gasteiger charge is -2.19. The van der Waals surface area contributed by atoms with Crippen molar-refractivity contribution in [2.75, 3.05) is 29.0 Å². The predicted octanol–water partition coefficient (Wildman–Crippen LogP) is 2.78. The molecule has 0 saturated carbocycles. The Morgan fingerprint density at radius 1 is 1.33 bits per heavy atom. The van der Waals surface area contributed by atoms with Crippen molar-refractivity contribution in [2.45, 2.75) is 46.1 Å². The highest BCUT2D eigenvalue weighted by Gasteiger charge is 2.24. The summed E-state index contributed by atoms with van der Waals surface area (Å²) in [4.78, 5) is 22.9. The van der Waals surface area contributed by atoms with Gasteiger partial charge < -0.3 is 21.3 Å². The number of carbonyl (C=O) groups excluding carboxylic acids is 1. The fraction of sp³-hybridized carbons (Fsp3) is 0.450. The van der Waals surface area contributed by atoms with Crippen LogP contribution in [0.2, 0.25) is 0 Å². The Balaban J connectivity index is 1.82. The van der Waals surface area contributed by atoms with Crippen molar-refractivity contribution < 1.29 is 4.79 Å². The van der Waals surface area contributed by atoms with Crippen LogP contribution in [0.1, 0.15) is 37.9 Å². The summed E-state index contributed by atoms with van der Waals surface area (Å²) >= 11 is 0. The molecule has 2 aromatic rings. The van der Waals surface area contributed by atoms with Gasteiger partial charge in [0.2, 0.25) is 11.9 Å². The monoisotopic (exact) mass is 368 g/mol. The second-order valence-corrected chi connectivity index (χ2v) is 7.12. The molecule has 7 heteroatoms. The zero-order valence-electron chi connectivity index (χ0n) is 16.2. The van der Waals surface area contributed by atoms with E-state index in [0.29, 0.717) is 5.95 Å². The molecule has 1 saturated heterocycles. The van der Waals surface area contributed by atoms with E-state index in [1.54, 1.807) is 6.92 Å². The molecule has 1 amide bonds. The van der Waals surface area contributed by atoms with Gasteiger partial charge in [-0.3, -0.25) is 4.79 Å². The van der Waals surface area contributed by atoms with E-state index < -0.39 is 0 Å². The lowest BCUT2D eigenvalue weighted by molar-refractivity contribution is -0.119. The number of benzene rings is 1. The van der Waals surface area contributed by atoms with Gasteiger partial charge in [0.25, 0.3) is 0 Å². The maximum Gasteiger partial charge on any atom is 0.229 e. The molecule has 1 aromatic heterocycles. The Kier molecular flexibility index (Phi) is 5.78. The van der Waals surface area contributed by atoms with Crippen LogP contribution < -0.4 is 21.3 Å². The first kappa shape index (κ1) is 18.9. The Morgan fingerprint density at radius 2 is 2.15 bits per heavy atom. The number of aryl methyl sites for hydroxylation is 2. The molecule has 1 fully saturated rings. The minimum atomic E-state index is 0.00975. The molecule has 1 aromatic carbocycles. The van der Waals surface area contributed by atoms with E-state index >= 15 is 0 Å². The van der Waals surface area contributed by atoms with Gasteiger partial charge in [0, 0.05) is 49.2 Å². The third-order valence-corrected chi connectivity index (χ3v) is 4.73. The van der Waals surface area contributed by atoms with E-state index in [4.69, 9.17) is 10.7 Å². The van der Waals surface area contributed by atoms with Crippen LogP contribution in [-0.4, -0.2) is 35.0 Å². The number of amides is 1. The van der Waals surface area contributed by atoms with Crippen molar-refractivity contribution in [1.82, 2.24) is 15.3 Å². The molecule has 2 heterocycles. The molecule has 0 bridgehead atoms. The van der Waals surface area contributed by atoms with E-state index in [9.17, 15) is 4.79 Å². The lowest BCUT2D eigenvalue weighted by Crippen LogP contribution is -2.35. The summed E-state index contributed by atoms with van der Waals surface area (Å²) in [6.45, 7) is 7.30. The smallest absolute Gasteiger partial charge is 0.229 e. The molecule has 3 rings (SSSR count). The van der Waals surface area contributed by atoms with Crippen LogP contribution in [0.25, 0.3) is 0 Å². The molecule has 0 aliphatic carbocycles.